The highest BCUT2D eigenvalue weighted by molar-refractivity contribution is 8.00. The first kappa shape index (κ1) is 18.6. The maximum atomic E-state index is 13.9. The summed E-state index contributed by atoms with van der Waals surface area (Å²) in [6.45, 7) is -0.125. The van der Waals surface area contributed by atoms with E-state index in [0.29, 0.717) is 26.5 Å². The number of carbonyl (C=O) groups is 1. The van der Waals surface area contributed by atoms with Crippen LogP contribution in [0.3, 0.4) is 0 Å². The zero-order chi connectivity index (χ0) is 18.4. The van der Waals surface area contributed by atoms with Crippen LogP contribution in [0.4, 0.5) is 9.52 Å². The van der Waals surface area contributed by atoms with Crippen LogP contribution in [0.25, 0.3) is 0 Å². The Morgan fingerprint density at radius 2 is 2.00 bits per heavy atom. The monoisotopic (exact) mass is 409 g/mol. The van der Waals surface area contributed by atoms with Crippen LogP contribution in [0.15, 0.2) is 52.9 Å². The SMILES string of the molecule is O=C(COc1ccccc1)Nc1nnc(SCc2cccc(Cl)c2F)s1. The summed E-state index contributed by atoms with van der Waals surface area (Å²) in [5.74, 6) is 0.214. The molecule has 0 bridgehead atoms. The van der Waals surface area contributed by atoms with Gasteiger partial charge in [0, 0.05) is 5.75 Å². The average molecular weight is 410 g/mol. The molecule has 0 aliphatic rings. The molecule has 26 heavy (non-hydrogen) atoms. The van der Waals surface area contributed by atoms with Crippen LogP contribution >= 0.6 is 34.7 Å². The highest BCUT2D eigenvalue weighted by Gasteiger charge is 2.11. The van der Waals surface area contributed by atoms with Gasteiger partial charge in [0.2, 0.25) is 5.13 Å². The van der Waals surface area contributed by atoms with Gasteiger partial charge in [0.15, 0.2) is 10.9 Å². The van der Waals surface area contributed by atoms with Crippen molar-refractivity contribution in [3.63, 3.8) is 0 Å². The molecule has 0 unspecified atom stereocenters. The van der Waals surface area contributed by atoms with E-state index in [0.717, 1.165) is 0 Å². The van der Waals surface area contributed by atoms with E-state index < -0.39 is 5.82 Å². The van der Waals surface area contributed by atoms with Gasteiger partial charge in [0.1, 0.15) is 11.6 Å². The average Bonchev–Trinajstić information content (AvgIpc) is 3.09. The van der Waals surface area contributed by atoms with Crippen LogP contribution in [-0.2, 0) is 10.5 Å². The van der Waals surface area contributed by atoms with Crippen LogP contribution in [0.5, 0.6) is 5.75 Å². The normalized spacial score (nSPS) is 10.5. The number of aromatic nitrogens is 2. The maximum Gasteiger partial charge on any atom is 0.264 e. The molecule has 0 aliphatic carbocycles. The molecule has 0 atom stereocenters. The van der Waals surface area contributed by atoms with E-state index >= 15 is 0 Å². The van der Waals surface area contributed by atoms with E-state index in [1.807, 2.05) is 18.2 Å². The van der Waals surface area contributed by atoms with Crippen molar-refractivity contribution >= 4 is 45.7 Å². The van der Waals surface area contributed by atoms with Gasteiger partial charge in [-0.1, -0.05) is 65.0 Å². The summed E-state index contributed by atoms with van der Waals surface area (Å²) in [6, 6.07) is 13.9. The quantitative estimate of drug-likeness (QED) is 0.455. The van der Waals surface area contributed by atoms with E-state index in [-0.39, 0.29) is 17.5 Å². The largest absolute Gasteiger partial charge is 0.484 e. The smallest absolute Gasteiger partial charge is 0.264 e. The van der Waals surface area contributed by atoms with Gasteiger partial charge in [-0.3, -0.25) is 10.1 Å². The first-order valence-electron chi connectivity index (χ1n) is 7.48. The van der Waals surface area contributed by atoms with Crippen LogP contribution in [0.1, 0.15) is 5.56 Å². The molecule has 2 aromatic carbocycles. The highest BCUT2D eigenvalue weighted by Crippen LogP contribution is 2.30. The Morgan fingerprint density at radius 1 is 1.19 bits per heavy atom. The van der Waals surface area contributed by atoms with Gasteiger partial charge in [-0.2, -0.15) is 0 Å². The third-order valence-electron chi connectivity index (χ3n) is 3.15. The standard InChI is InChI=1S/C17H13ClFN3O2S2/c18-13-8-4-5-11(15(13)19)10-25-17-22-21-16(26-17)20-14(23)9-24-12-6-2-1-3-7-12/h1-8H,9-10H2,(H,20,21,23). The molecule has 3 aromatic rings. The fraction of sp³-hybridized carbons (Fsp3) is 0.118. The second-order valence-corrected chi connectivity index (χ2v) is 7.63. The fourth-order valence-corrected chi connectivity index (χ4v) is 3.88. The molecular weight excluding hydrogens is 397 g/mol. The molecule has 5 nitrogen and oxygen atoms in total. The number of para-hydroxylation sites is 1. The van der Waals surface area contributed by atoms with Crippen molar-refractivity contribution in [3.05, 3.63) is 64.9 Å². The lowest BCUT2D eigenvalue weighted by Gasteiger charge is -2.04. The summed E-state index contributed by atoms with van der Waals surface area (Å²) in [7, 11) is 0. The molecule has 0 saturated carbocycles. The van der Waals surface area contributed by atoms with Gasteiger partial charge in [0.25, 0.3) is 5.91 Å². The number of benzene rings is 2. The number of anilines is 1. The van der Waals surface area contributed by atoms with Crippen molar-refractivity contribution in [3.8, 4) is 5.75 Å². The number of nitrogens with one attached hydrogen (secondary N) is 1. The Morgan fingerprint density at radius 3 is 2.81 bits per heavy atom. The number of amides is 1. The molecular formula is C17H13ClFN3O2S2. The van der Waals surface area contributed by atoms with E-state index in [2.05, 4.69) is 15.5 Å². The molecule has 0 saturated heterocycles. The molecule has 1 amide bonds. The number of rotatable bonds is 7. The minimum atomic E-state index is -0.433. The molecule has 1 aromatic heterocycles. The van der Waals surface area contributed by atoms with Gasteiger partial charge in [-0.25, -0.2) is 4.39 Å². The number of halogens is 2. The lowest BCUT2D eigenvalue weighted by Crippen LogP contribution is -2.20. The predicted octanol–water partition coefficient (Wildman–Crippen LogP) is 4.64. The number of hydrogen-bond acceptors (Lipinski definition) is 6. The Labute approximate surface area is 162 Å². The number of carbonyl (C=O) groups excluding carboxylic acids is 1. The topological polar surface area (TPSA) is 64.1 Å². The van der Waals surface area contributed by atoms with Gasteiger partial charge >= 0.3 is 0 Å². The molecule has 0 fully saturated rings. The molecule has 0 radical (unpaired) electrons. The predicted molar refractivity (Wildman–Crippen MR) is 101 cm³/mol. The Kier molecular flexibility index (Phi) is 6.43. The number of hydrogen-bond donors (Lipinski definition) is 1. The summed E-state index contributed by atoms with van der Waals surface area (Å²) in [4.78, 5) is 11.9. The lowest BCUT2D eigenvalue weighted by atomic mass is 10.2. The fourth-order valence-electron chi connectivity index (χ4n) is 1.94. The van der Waals surface area contributed by atoms with Crippen molar-refractivity contribution in [1.82, 2.24) is 10.2 Å². The molecule has 3 rings (SSSR count). The van der Waals surface area contributed by atoms with E-state index in [1.54, 1.807) is 24.3 Å². The molecule has 1 heterocycles. The van der Waals surface area contributed by atoms with Gasteiger partial charge in [-0.05, 0) is 23.8 Å². The summed E-state index contributed by atoms with van der Waals surface area (Å²) in [5, 5.41) is 11.0. The maximum absolute atomic E-state index is 13.9. The Balaban J connectivity index is 1.49. The second-order valence-electron chi connectivity index (χ2n) is 5.02. The third kappa shape index (κ3) is 5.17. The van der Waals surface area contributed by atoms with Gasteiger partial charge in [0.05, 0.1) is 5.02 Å². The van der Waals surface area contributed by atoms with Crippen molar-refractivity contribution in [2.45, 2.75) is 10.1 Å². The second kappa shape index (κ2) is 8.98. The third-order valence-corrected chi connectivity index (χ3v) is 5.46. The molecule has 134 valence electrons. The lowest BCUT2D eigenvalue weighted by molar-refractivity contribution is -0.118. The van der Waals surface area contributed by atoms with Crippen LogP contribution in [0.2, 0.25) is 5.02 Å². The van der Waals surface area contributed by atoms with E-state index in [9.17, 15) is 9.18 Å². The van der Waals surface area contributed by atoms with Gasteiger partial charge in [-0.15, -0.1) is 10.2 Å². The molecule has 9 heteroatoms. The zero-order valence-electron chi connectivity index (χ0n) is 13.3. The number of ether oxygens (including phenoxy) is 1. The Hall–Kier alpha value is -2.16. The highest BCUT2D eigenvalue weighted by atomic mass is 35.5. The minimum Gasteiger partial charge on any atom is -0.484 e. The molecule has 1 N–H and O–H groups in total. The first-order valence-corrected chi connectivity index (χ1v) is 9.67. The summed E-state index contributed by atoms with van der Waals surface area (Å²) >= 11 is 8.29. The van der Waals surface area contributed by atoms with Crippen LogP contribution in [-0.4, -0.2) is 22.7 Å². The van der Waals surface area contributed by atoms with Crippen LogP contribution < -0.4 is 10.1 Å². The van der Waals surface area contributed by atoms with E-state index in [1.165, 1.54) is 29.2 Å². The van der Waals surface area contributed by atoms with Crippen molar-refractivity contribution < 1.29 is 13.9 Å². The number of nitrogens with zero attached hydrogens (tertiary/aromatic N) is 2. The van der Waals surface area contributed by atoms with Crippen molar-refractivity contribution in [1.29, 1.82) is 0 Å². The Bertz CT molecular complexity index is 893. The summed E-state index contributed by atoms with van der Waals surface area (Å²) in [6.07, 6.45) is 0. The molecule has 0 spiro atoms. The van der Waals surface area contributed by atoms with Crippen molar-refractivity contribution in [2.75, 3.05) is 11.9 Å². The van der Waals surface area contributed by atoms with Crippen LogP contribution in [0, 0.1) is 5.82 Å². The number of thioether (sulfide) groups is 1. The zero-order valence-corrected chi connectivity index (χ0v) is 15.7. The minimum absolute atomic E-state index is 0.0896. The van der Waals surface area contributed by atoms with E-state index in [4.69, 9.17) is 16.3 Å². The van der Waals surface area contributed by atoms with Gasteiger partial charge < -0.3 is 4.74 Å². The first-order chi connectivity index (χ1) is 12.6. The summed E-state index contributed by atoms with van der Waals surface area (Å²) in [5.41, 5.74) is 0.486. The van der Waals surface area contributed by atoms with Crippen molar-refractivity contribution in [2.24, 2.45) is 0 Å². The molecule has 0 aliphatic heterocycles. The summed E-state index contributed by atoms with van der Waals surface area (Å²) < 4.78 is 19.8.